The first-order chi connectivity index (χ1) is 6.92. The van der Waals surface area contributed by atoms with Gasteiger partial charge in [-0.05, 0) is 12.1 Å². The van der Waals surface area contributed by atoms with E-state index in [0.29, 0.717) is 0 Å². The summed E-state index contributed by atoms with van der Waals surface area (Å²) in [5, 5.41) is 9.08. The molecular formula is C10H13N2O2+. The van der Waals surface area contributed by atoms with Gasteiger partial charge in [0.2, 0.25) is 6.04 Å². The quantitative estimate of drug-likeness (QED) is 0.705. The van der Waals surface area contributed by atoms with Crippen molar-refractivity contribution in [3.63, 3.8) is 0 Å². The van der Waals surface area contributed by atoms with Gasteiger partial charge in [-0.25, -0.2) is 0 Å². The minimum Gasteiger partial charge on any atom is -0.462 e. The second-order valence-corrected chi connectivity index (χ2v) is 3.35. The second kappa shape index (κ2) is 4.27. The number of quaternary nitrogens is 1. The van der Waals surface area contributed by atoms with Gasteiger partial charge in [0.05, 0.1) is 19.5 Å². The van der Waals surface area contributed by atoms with E-state index in [-0.39, 0.29) is 6.04 Å². The second-order valence-electron chi connectivity index (χ2n) is 3.35. The summed E-state index contributed by atoms with van der Waals surface area (Å²) < 4.78 is 10.5. The molecule has 1 atom stereocenters. The number of nitrogens with one attached hydrogen (secondary N) is 1. The van der Waals surface area contributed by atoms with Crippen LogP contribution in [0.5, 0.6) is 0 Å². The topological polar surface area (TPSA) is 50.6 Å². The van der Waals surface area contributed by atoms with Gasteiger partial charge in [0.25, 0.3) is 0 Å². The van der Waals surface area contributed by atoms with Gasteiger partial charge in [-0.2, -0.15) is 5.26 Å². The van der Waals surface area contributed by atoms with E-state index < -0.39 is 0 Å². The molecule has 1 aromatic rings. The Bertz CT molecular complexity index is 309. The van der Waals surface area contributed by atoms with E-state index in [1.165, 1.54) is 4.90 Å². The van der Waals surface area contributed by atoms with Crippen LogP contribution in [0.4, 0.5) is 0 Å². The van der Waals surface area contributed by atoms with Crippen molar-refractivity contribution in [2.45, 2.75) is 6.04 Å². The van der Waals surface area contributed by atoms with Crippen LogP contribution in [0.25, 0.3) is 0 Å². The van der Waals surface area contributed by atoms with Crippen molar-refractivity contribution in [1.29, 1.82) is 5.26 Å². The molecule has 0 aliphatic carbocycles. The average Bonchev–Trinajstić information content (AvgIpc) is 2.74. The molecule has 1 saturated heterocycles. The summed E-state index contributed by atoms with van der Waals surface area (Å²) in [5.41, 5.74) is 0. The maximum Gasteiger partial charge on any atom is 0.233 e. The van der Waals surface area contributed by atoms with Gasteiger partial charge in [0, 0.05) is 0 Å². The van der Waals surface area contributed by atoms with E-state index in [9.17, 15) is 0 Å². The highest BCUT2D eigenvalue weighted by molar-refractivity contribution is 5.08. The Hall–Kier alpha value is -1.31. The zero-order chi connectivity index (χ0) is 9.80. The zero-order valence-electron chi connectivity index (χ0n) is 7.90. The molecule has 2 heterocycles. The molecule has 0 aromatic carbocycles. The largest absolute Gasteiger partial charge is 0.462 e. The van der Waals surface area contributed by atoms with E-state index in [0.717, 1.165) is 32.1 Å². The smallest absolute Gasteiger partial charge is 0.233 e. The molecule has 1 aliphatic rings. The Morgan fingerprint density at radius 1 is 1.43 bits per heavy atom. The highest BCUT2D eigenvalue weighted by Crippen LogP contribution is 2.09. The van der Waals surface area contributed by atoms with Crippen LogP contribution in [0, 0.1) is 11.3 Å². The fraction of sp³-hybridized carbons (Fsp3) is 0.500. The van der Waals surface area contributed by atoms with Crippen molar-refractivity contribution in [3.05, 3.63) is 24.2 Å². The predicted octanol–water partition coefficient (Wildman–Crippen LogP) is -0.241. The Morgan fingerprint density at radius 2 is 2.21 bits per heavy atom. The number of hydrogen-bond donors (Lipinski definition) is 1. The maximum absolute atomic E-state index is 9.08. The van der Waals surface area contributed by atoms with E-state index >= 15 is 0 Å². The van der Waals surface area contributed by atoms with Gasteiger partial charge in [0.1, 0.15) is 19.2 Å². The summed E-state index contributed by atoms with van der Waals surface area (Å²) in [6, 6.07) is 5.78. The molecule has 1 N–H and O–H groups in total. The predicted molar refractivity (Wildman–Crippen MR) is 48.6 cm³/mol. The molecule has 0 bridgehead atoms. The third kappa shape index (κ3) is 1.79. The van der Waals surface area contributed by atoms with Gasteiger partial charge >= 0.3 is 0 Å². The monoisotopic (exact) mass is 193 g/mol. The van der Waals surface area contributed by atoms with E-state index in [2.05, 4.69) is 6.07 Å². The summed E-state index contributed by atoms with van der Waals surface area (Å²) in [4.78, 5) is 1.23. The van der Waals surface area contributed by atoms with Crippen LogP contribution in [0.1, 0.15) is 11.8 Å². The van der Waals surface area contributed by atoms with Crippen LogP contribution in [-0.4, -0.2) is 26.3 Å². The van der Waals surface area contributed by atoms with Crippen molar-refractivity contribution < 1.29 is 14.1 Å². The number of nitriles is 1. The summed E-state index contributed by atoms with van der Waals surface area (Å²) >= 11 is 0. The molecule has 0 radical (unpaired) electrons. The lowest BCUT2D eigenvalue weighted by Gasteiger charge is -2.26. The van der Waals surface area contributed by atoms with E-state index in [1.54, 1.807) is 6.26 Å². The highest BCUT2D eigenvalue weighted by atomic mass is 16.5. The van der Waals surface area contributed by atoms with Crippen LogP contribution < -0.4 is 4.90 Å². The Balaban J connectivity index is 2.09. The summed E-state index contributed by atoms with van der Waals surface area (Å²) in [6.07, 6.45) is 1.61. The first kappa shape index (κ1) is 9.25. The van der Waals surface area contributed by atoms with E-state index in [4.69, 9.17) is 14.4 Å². The number of ether oxygens (including phenoxy) is 1. The molecule has 0 saturated carbocycles. The Labute approximate surface area is 82.7 Å². The average molecular weight is 193 g/mol. The van der Waals surface area contributed by atoms with Crippen molar-refractivity contribution in [3.8, 4) is 6.07 Å². The van der Waals surface area contributed by atoms with Crippen molar-refractivity contribution in [2.75, 3.05) is 26.3 Å². The molecule has 1 aliphatic heterocycles. The Morgan fingerprint density at radius 3 is 2.79 bits per heavy atom. The normalized spacial score (nSPS) is 20.2. The number of rotatable bonds is 2. The van der Waals surface area contributed by atoms with Crippen LogP contribution >= 0.6 is 0 Å². The minimum absolute atomic E-state index is 0.186. The molecule has 1 fully saturated rings. The van der Waals surface area contributed by atoms with Crippen molar-refractivity contribution >= 4 is 0 Å². The SMILES string of the molecule is N#C[C@@H](c1ccco1)[NH+]1CCOCC1. The third-order valence-electron chi connectivity index (χ3n) is 2.50. The van der Waals surface area contributed by atoms with E-state index in [1.807, 2.05) is 12.1 Å². The minimum atomic E-state index is -0.186. The van der Waals surface area contributed by atoms with Gasteiger partial charge in [0.15, 0.2) is 5.76 Å². The number of morpholine rings is 1. The lowest BCUT2D eigenvalue weighted by Crippen LogP contribution is -3.14. The third-order valence-corrected chi connectivity index (χ3v) is 2.50. The summed E-state index contributed by atoms with van der Waals surface area (Å²) in [7, 11) is 0. The molecule has 2 rings (SSSR count). The number of furan rings is 1. The number of nitrogens with zero attached hydrogens (tertiary/aromatic N) is 1. The van der Waals surface area contributed by atoms with Crippen molar-refractivity contribution in [1.82, 2.24) is 0 Å². The number of hydrogen-bond acceptors (Lipinski definition) is 3. The fourth-order valence-electron chi connectivity index (χ4n) is 1.73. The van der Waals surface area contributed by atoms with Gasteiger partial charge in [-0.3, -0.25) is 0 Å². The fourth-order valence-corrected chi connectivity index (χ4v) is 1.73. The maximum atomic E-state index is 9.08. The highest BCUT2D eigenvalue weighted by Gasteiger charge is 2.27. The lowest BCUT2D eigenvalue weighted by atomic mass is 10.2. The first-order valence-corrected chi connectivity index (χ1v) is 4.77. The van der Waals surface area contributed by atoms with Crippen LogP contribution in [0.15, 0.2) is 22.8 Å². The van der Waals surface area contributed by atoms with Gasteiger partial charge < -0.3 is 14.1 Å². The molecule has 74 valence electrons. The van der Waals surface area contributed by atoms with Crippen LogP contribution in [0.2, 0.25) is 0 Å². The van der Waals surface area contributed by atoms with Crippen molar-refractivity contribution in [2.24, 2.45) is 0 Å². The molecule has 1 aromatic heterocycles. The lowest BCUT2D eigenvalue weighted by molar-refractivity contribution is -0.931. The standard InChI is InChI=1S/C10H12N2O2/c11-8-9(10-2-1-5-14-10)12-3-6-13-7-4-12/h1-2,5,9H,3-4,6-7H2/p+1/t9-/m0/s1. The molecule has 4 heteroatoms. The zero-order valence-corrected chi connectivity index (χ0v) is 7.90. The van der Waals surface area contributed by atoms with Gasteiger partial charge in [-0.15, -0.1) is 0 Å². The molecule has 4 nitrogen and oxygen atoms in total. The molecular weight excluding hydrogens is 180 g/mol. The molecule has 0 unspecified atom stereocenters. The Kier molecular flexibility index (Phi) is 2.82. The molecule has 0 spiro atoms. The van der Waals surface area contributed by atoms with Crippen LogP contribution in [0.3, 0.4) is 0 Å². The molecule has 0 amide bonds. The summed E-state index contributed by atoms with van der Waals surface area (Å²) in [6.45, 7) is 3.21. The van der Waals surface area contributed by atoms with Gasteiger partial charge in [-0.1, -0.05) is 0 Å². The summed E-state index contributed by atoms with van der Waals surface area (Å²) in [5.74, 6) is 0.754. The van der Waals surface area contributed by atoms with Crippen LogP contribution in [-0.2, 0) is 4.74 Å². The first-order valence-electron chi connectivity index (χ1n) is 4.77. The molecule has 14 heavy (non-hydrogen) atoms.